The monoisotopic (exact) mass is 420 g/mol. The highest BCUT2D eigenvalue weighted by Gasteiger charge is 2.42. The van der Waals surface area contributed by atoms with Crippen LogP contribution in [0.3, 0.4) is 0 Å². The third-order valence-electron chi connectivity index (χ3n) is 5.06. The average molecular weight is 421 g/mol. The normalized spacial score (nSPS) is 16.0. The van der Waals surface area contributed by atoms with Crippen LogP contribution >= 0.6 is 11.8 Å². The summed E-state index contributed by atoms with van der Waals surface area (Å²) in [5.41, 5.74) is 0.594. The Labute approximate surface area is 176 Å². The summed E-state index contributed by atoms with van der Waals surface area (Å²) < 4.78 is 6.38. The quantitative estimate of drug-likeness (QED) is 0.445. The molecule has 1 N–H and O–H groups in total. The van der Waals surface area contributed by atoms with Crippen molar-refractivity contribution in [3.8, 4) is 6.07 Å². The molecule has 0 unspecified atom stereocenters. The first-order valence-corrected chi connectivity index (χ1v) is 13.6. The minimum atomic E-state index is -2.03. The number of nitrogens with one attached hydrogen (secondary N) is 1. The molecule has 0 spiro atoms. The van der Waals surface area contributed by atoms with Crippen LogP contribution in [0.15, 0.2) is 30.3 Å². The predicted octanol–water partition coefficient (Wildman–Crippen LogP) is 5.82. The zero-order chi connectivity index (χ0) is 21.8. The molecule has 0 saturated heterocycles. The second-order valence-electron chi connectivity index (χ2n) is 9.73. The Morgan fingerprint density at radius 3 is 2.11 bits per heavy atom. The highest BCUT2D eigenvalue weighted by atomic mass is 32.2. The Bertz CT molecular complexity index is 687. The molecule has 1 aromatic rings. The maximum atomic E-state index is 12.8. The number of amides is 1. The number of nitriles is 1. The second-order valence-corrected chi connectivity index (χ2v) is 16.5. The van der Waals surface area contributed by atoms with Gasteiger partial charge in [0.1, 0.15) is 5.92 Å². The van der Waals surface area contributed by atoms with Crippen LogP contribution in [0.2, 0.25) is 18.1 Å². The molecule has 0 aliphatic heterocycles. The number of hydrogen-bond acceptors (Lipinski definition) is 4. The Morgan fingerprint density at radius 1 is 1.14 bits per heavy atom. The number of carbonyl (C=O) groups is 1. The molecule has 3 atom stereocenters. The standard InChI is InChI=1S/C22H36N2O2SSi/c1-16(26-28(8,9)22(5,6)7)18(15-23)20(27-21(2,3)4)24-19(25)17-13-11-10-12-14-17/h10-14,16,18,20H,1-9H3,(H,24,25)/t16-,18-,20-/m1/s1. The van der Waals surface area contributed by atoms with Crippen molar-refractivity contribution >= 4 is 26.0 Å². The lowest BCUT2D eigenvalue weighted by molar-refractivity contribution is 0.0924. The molecule has 0 saturated carbocycles. The van der Waals surface area contributed by atoms with Crippen LogP contribution < -0.4 is 5.32 Å². The Morgan fingerprint density at radius 2 is 1.68 bits per heavy atom. The summed E-state index contributed by atoms with van der Waals surface area (Å²) in [5, 5.41) is 12.7. The Hall–Kier alpha value is -1.29. The zero-order valence-corrected chi connectivity index (χ0v) is 20.6. The largest absolute Gasteiger partial charge is 0.413 e. The van der Waals surface area contributed by atoms with Gasteiger partial charge in [-0.2, -0.15) is 5.26 Å². The van der Waals surface area contributed by atoms with Crippen molar-refractivity contribution in [2.24, 2.45) is 5.92 Å². The van der Waals surface area contributed by atoms with E-state index in [2.05, 4.69) is 66.0 Å². The number of rotatable bonds is 7. The van der Waals surface area contributed by atoms with E-state index in [1.54, 1.807) is 23.9 Å². The van der Waals surface area contributed by atoms with E-state index < -0.39 is 14.2 Å². The summed E-state index contributed by atoms with van der Waals surface area (Å²) in [6.45, 7) is 19.2. The van der Waals surface area contributed by atoms with E-state index in [0.717, 1.165) is 0 Å². The second kappa shape index (κ2) is 9.47. The Kier molecular flexibility index (Phi) is 8.37. The highest BCUT2D eigenvalue weighted by molar-refractivity contribution is 8.01. The first-order chi connectivity index (χ1) is 12.7. The van der Waals surface area contributed by atoms with Crippen LogP contribution in [0.25, 0.3) is 0 Å². The van der Waals surface area contributed by atoms with E-state index in [4.69, 9.17) is 4.43 Å². The van der Waals surface area contributed by atoms with Gasteiger partial charge in [-0.25, -0.2) is 0 Å². The molecule has 0 heterocycles. The van der Waals surface area contributed by atoms with Gasteiger partial charge >= 0.3 is 0 Å². The molecule has 0 aliphatic rings. The fraction of sp³-hybridized carbons (Fsp3) is 0.636. The zero-order valence-electron chi connectivity index (χ0n) is 18.8. The van der Waals surface area contributed by atoms with E-state index in [-0.39, 0.29) is 27.2 Å². The predicted molar refractivity (Wildman–Crippen MR) is 122 cm³/mol. The van der Waals surface area contributed by atoms with Gasteiger partial charge < -0.3 is 9.74 Å². The fourth-order valence-electron chi connectivity index (χ4n) is 2.51. The highest BCUT2D eigenvalue weighted by Crippen LogP contribution is 2.39. The minimum Gasteiger partial charge on any atom is -0.413 e. The molecule has 0 aliphatic carbocycles. The van der Waals surface area contributed by atoms with Crippen molar-refractivity contribution < 1.29 is 9.22 Å². The lowest BCUT2D eigenvalue weighted by atomic mass is 10.1. The molecule has 0 aromatic heterocycles. The lowest BCUT2D eigenvalue weighted by Crippen LogP contribution is -2.49. The van der Waals surface area contributed by atoms with Crippen LogP contribution in [0.4, 0.5) is 0 Å². The maximum Gasteiger partial charge on any atom is 0.252 e. The molecular weight excluding hydrogens is 384 g/mol. The van der Waals surface area contributed by atoms with Crippen LogP contribution in [-0.4, -0.2) is 30.4 Å². The maximum absolute atomic E-state index is 12.8. The van der Waals surface area contributed by atoms with E-state index in [0.29, 0.717) is 5.56 Å². The Balaban J connectivity index is 3.09. The van der Waals surface area contributed by atoms with Gasteiger partial charge in [0.05, 0.1) is 17.5 Å². The van der Waals surface area contributed by atoms with Gasteiger partial charge in [0.15, 0.2) is 8.32 Å². The third-order valence-corrected chi connectivity index (χ3v) is 11.0. The summed E-state index contributed by atoms with van der Waals surface area (Å²) in [4.78, 5) is 12.8. The van der Waals surface area contributed by atoms with Crippen molar-refractivity contribution in [3.63, 3.8) is 0 Å². The van der Waals surface area contributed by atoms with Gasteiger partial charge in [0.2, 0.25) is 0 Å². The van der Waals surface area contributed by atoms with Crippen molar-refractivity contribution in [2.75, 3.05) is 0 Å². The molecule has 156 valence electrons. The third kappa shape index (κ3) is 7.27. The molecule has 28 heavy (non-hydrogen) atoms. The van der Waals surface area contributed by atoms with Gasteiger partial charge in [-0.1, -0.05) is 59.7 Å². The minimum absolute atomic E-state index is 0.0568. The van der Waals surface area contributed by atoms with Gasteiger partial charge in [0.25, 0.3) is 5.91 Å². The number of carbonyl (C=O) groups excluding carboxylic acids is 1. The van der Waals surface area contributed by atoms with E-state index in [1.807, 2.05) is 25.1 Å². The number of benzene rings is 1. The molecule has 1 rings (SSSR count). The SMILES string of the molecule is C[C@@H](O[Si](C)(C)C(C)(C)C)[C@@H](C#N)[C@H](NC(=O)c1ccccc1)SC(C)(C)C. The molecule has 1 aromatic carbocycles. The first-order valence-electron chi connectivity index (χ1n) is 9.79. The van der Waals surface area contributed by atoms with Crippen molar-refractivity contribution in [1.29, 1.82) is 5.26 Å². The van der Waals surface area contributed by atoms with E-state index in [9.17, 15) is 10.1 Å². The van der Waals surface area contributed by atoms with Crippen molar-refractivity contribution in [3.05, 3.63) is 35.9 Å². The van der Waals surface area contributed by atoms with Gasteiger partial charge in [-0.3, -0.25) is 4.79 Å². The van der Waals surface area contributed by atoms with Crippen LogP contribution in [0, 0.1) is 17.2 Å². The first kappa shape index (κ1) is 24.7. The molecule has 1 amide bonds. The van der Waals surface area contributed by atoms with Crippen LogP contribution in [0.5, 0.6) is 0 Å². The smallest absolute Gasteiger partial charge is 0.252 e. The summed E-state index contributed by atoms with van der Waals surface area (Å²) >= 11 is 1.60. The number of thioether (sulfide) groups is 1. The lowest BCUT2D eigenvalue weighted by Gasteiger charge is -2.41. The molecule has 0 fully saturated rings. The number of nitrogens with zero attached hydrogens (tertiary/aromatic N) is 1. The molecule has 0 radical (unpaired) electrons. The van der Waals surface area contributed by atoms with E-state index >= 15 is 0 Å². The van der Waals surface area contributed by atoms with E-state index in [1.165, 1.54) is 0 Å². The summed E-state index contributed by atoms with van der Waals surface area (Å²) in [5.74, 6) is -0.617. The topological polar surface area (TPSA) is 62.1 Å². The fourth-order valence-corrected chi connectivity index (χ4v) is 5.30. The van der Waals surface area contributed by atoms with Crippen molar-refractivity contribution in [2.45, 2.75) is 82.8 Å². The van der Waals surface area contributed by atoms with Gasteiger partial charge in [0, 0.05) is 10.3 Å². The molecule has 4 nitrogen and oxygen atoms in total. The summed E-state index contributed by atoms with van der Waals surface area (Å²) in [6.07, 6.45) is -0.276. The number of hydrogen-bond donors (Lipinski definition) is 1. The van der Waals surface area contributed by atoms with Crippen LogP contribution in [-0.2, 0) is 4.43 Å². The average Bonchev–Trinajstić information content (AvgIpc) is 2.53. The molecule has 6 heteroatoms. The van der Waals surface area contributed by atoms with Gasteiger partial charge in [-0.15, -0.1) is 11.8 Å². The van der Waals surface area contributed by atoms with Crippen molar-refractivity contribution in [1.82, 2.24) is 5.32 Å². The summed E-state index contributed by atoms with van der Waals surface area (Å²) in [6, 6.07) is 11.5. The van der Waals surface area contributed by atoms with Gasteiger partial charge in [-0.05, 0) is 37.2 Å². The summed E-state index contributed by atoms with van der Waals surface area (Å²) in [7, 11) is -2.03. The molecule has 0 bridgehead atoms. The molecular formula is C22H36N2O2SSi. The van der Waals surface area contributed by atoms with Crippen LogP contribution in [0.1, 0.15) is 58.8 Å².